The zero-order valence-electron chi connectivity index (χ0n) is 5.29. The van der Waals surface area contributed by atoms with Crippen molar-refractivity contribution in [3.8, 4) is 0 Å². The van der Waals surface area contributed by atoms with Crippen LogP contribution in [-0.2, 0) is 12.8 Å². The first kappa shape index (κ1) is 8.33. The van der Waals surface area contributed by atoms with Gasteiger partial charge in [0.1, 0.15) is 0 Å². The van der Waals surface area contributed by atoms with Crippen LogP contribution in [0.1, 0.15) is 17.5 Å². The maximum atomic E-state index is 2.56. The van der Waals surface area contributed by atoms with Gasteiger partial charge < -0.3 is 0 Å². The van der Waals surface area contributed by atoms with E-state index in [1.165, 1.54) is 19.3 Å². The normalized spacial score (nSPS) is 15.8. The van der Waals surface area contributed by atoms with Crippen LogP contribution in [0.15, 0.2) is 0 Å². The topological polar surface area (TPSA) is 0 Å². The summed E-state index contributed by atoms with van der Waals surface area (Å²) >= 11 is 5.26. The molecule has 1 aromatic rings. The molecule has 10 heavy (non-hydrogen) atoms. The molecule has 0 amide bonds. The van der Waals surface area contributed by atoms with E-state index >= 15 is 0 Å². The van der Waals surface area contributed by atoms with Crippen molar-refractivity contribution in [3.05, 3.63) is 14.3 Å². The molecule has 1 aliphatic rings. The predicted octanol–water partition coefficient (Wildman–Crippen LogP) is 2.44. The quantitative estimate of drug-likeness (QED) is 0.403. The number of hydrogen-bond acceptors (Lipinski definition) is 0. The van der Waals surface area contributed by atoms with E-state index in [2.05, 4.69) is 45.2 Å². The summed E-state index contributed by atoms with van der Waals surface area (Å²) in [6.45, 7) is 0. The van der Waals surface area contributed by atoms with E-state index in [0.29, 0.717) is 0 Å². The van der Waals surface area contributed by atoms with Gasteiger partial charge in [-0.05, 0) is 0 Å². The molecule has 0 spiro atoms. The van der Waals surface area contributed by atoms with Crippen LogP contribution in [0.3, 0.4) is 0 Å². The van der Waals surface area contributed by atoms with Gasteiger partial charge in [-0.25, -0.2) is 0 Å². The Labute approximate surface area is 97.7 Å². The Morgan fingerprint density at radius 2 is 1.50 bits per heavy atom. The zero-order chi connectivity index (χ0) is 7.14. The maximum absolute atomic E-state index is 2.56. The fourth-order valence-corrected chi connectivity index (χ4v) is 10.8. The van der Waals surface area contributed by atoms with Gasteiger partial charge in [0.05, 0.1) is 0 Å². The SMILES string of the molecule is Ic1[te]c(I)c2c1CCC2. The van der Waals surface area contributed by atoms with Crippen molar-refractivity contribution < 1.29 is 0 Å². The second-order valence-corrected chi connectivity index (χ2v) is 12.1. The Balaban J connectivity index is 2.61. The van der Waals surface area contributed by atoms with Crippen molar-refractivity contribution in [2.45, 2.75) is 19.3 Å². The molecule has 54 valence electrons. The molecule has 0 N–H and O–H groups in total. The van der Waals surface area contributed by atoms with Gasteiger partial charge in [0.2, 0.25) is 0 Å². The molecule has 0 saturated carbocycles. The molecule has 0 bridgehead atoms. The molecule has 1 heterocycles. The summed E-state index contributed by atoms with van der Waals surface area (Å²) in [7, 11) is 0. The summed E-state index contributed by atoms with van der Waals surface area (Å²) in [5.74, 6) is 0. The van der Waals surface area contributed by atoms with Gasteiger partial charge in [-0.1, -0.05) is 0 Å². The Hall–Kier alpha value is 1.73. The van der Waals surface area contributed by atoms with Gasteiger partial charge in [-0.15, -0.1) is 0 Å². The van der Waals surface area contributed by atoms with Crippen molar-refractivity contribution in [2.75, 3.05) is 0 Å². The number of rotatable bonds is 0. The van der Waals surface area contributed by atoms with E-state index in [1.807, 2.05) is 0 Å². The number of fused-ring (bicyclic) bond motifs is 1. The Kier molecular flexibility index (Phi) is 2.69. The van der Waals surface area contributed by atoms with E-state index in [0.717, 1.165) is 0 Å². The van der Waals surface area contributed by atoms with Crippen LogP contribution in [0.2, 0.25) is 0 Å². The molecule has 1 aromatic heterocycles. The summed E-state index contributed by atoms with van der Waals surface area (Å²) in [4.78, 5) is 0. The van der Waals surface area contributed by atoms with Crippen LogP contribution in [0.25, 0.3) is 0 Å². The molecule has 1 aliphatic carbocycles. The van der Waals surface area contributed by atoms with Crippen LogP contribution in [0.5, 0.6) is 0 Å². The molecule has 0 radical (unpaired) electrons. The van der Waals surface area contributed by atoms with Crippen molar-refractivity contribution in [1.82, 2.24) is 0 Å². The van der Waals surface area contributed by atoms with Gasteiger partial charge in [0.15, 0.2) is 0 Å². The molecule has 0 aliphatic heterocycles. The summed E-state index contributed by atoms with van der Waals surface area (Å²) in [5.41, 5.74) is 3.49. The van der Waals surface area contributed by atoms with Crippen molar-refractivity contribution >= 4 is 65.6 Å². The van der Waals surface area contributed by atoms with Crippen molar-refractivity contribution in [1.29, 1.82) is 0 Å². The Morgan fingerprint density at radius 1 is 1.00 bits per heavy atom. The van der Waals surface area contributed by atoms with E-state index in [1.54, 1.807) is 14.3 Å². The summed E-state index contributed by atoms with van der Waals surface area (Å²) in [5, 5.41) is 0. The van der Waals surface area contributed by atoms with Crippen molar-refractivity contribution in [2.24, 2.45) is 0 Å². The van der Waals surface area contributed by atoms with Crippen LogP contribution in [0, 0.1) is 3.17 Å². The molecule has 0 fully saturated rings. The second-order valence-electron chi connectivity index (χ2n) is 2.46. The zero-order valence-corrected chi connectivity index (χ0v) is 11.9. The fourth-order valence-electron chi connectivity index (χ4n) is 1.38. The first-order valence-corrected chi connectivity index (χ1v) is 7.73. The van der Waals surface area contributed by atoms with E-state index in [9.17, 15) is 0 Å². The third-order valence-electron chi connectivity index (χ3n) is 1.87. The molecule has 3 heteroatoms. The van der Waals surface area contributed by atoms with Crippen LogP contribution in [-0.4, -0.2) is 20.4 Å². The van der Waals surface area contributed by atoms with E-state index in [4.69, 9.17) is 0 Å². The van der Waals surface area contributed by atoms with Crippen LogP contribution in [0.4, 0.5) is 0 Å². The van der Waals surface area contributed by atoms with Gasteiger partial charge >= 0.3 is 99.2 Å². The summed E-state index contributed by atoms with van der Waals surface area (Å²) in [6, 6.07) is 0. The number of halogens is 2. The first-order valence-electron chi connectivity index (χ1n) is 3.24. The molecular formula is C7H6I2Te. The molecule has 0 aromatic carbocycles. The predicted molar refractivity (Wildman–Crippen MR) is 60.8 cm³/mol. The molecule has 0 unspecified atom stereocenters. The average Bonchev–Trinajstić information content (AvgIpc) is 2.39. The molecule has 0 atom stereocenters. The minimum absolute atomic E-state index is 0.145. The van der Waals surface area contributed by atoms with Gasteiger partial charge in [-0.3, -0.25) is 0 Å². The summed E-state index contributed by atoms with van der Waals surface area (Å²) < 4.78 is 3.47. The number of hydrogen-bond donors (Lipinski definition) is 0. The Morgan fingerprint density at radius 3 is 2.00 bits per heavy atom. The first-order chi connectivity index (χ1) is 4.79. The Bertz CT molecular complexity index is 240. The third kappa shape index (κ3) is 1.32. The molecular weight excluding hydrogens is 465 g/mol. The van der Waals surface area contributed by atoms with Gasteiger partial charge in [0.25, 0.3) is 0 Å². The van der Waals surface area contributed by atoms with E-state index < -0.39 is 0 Å². The van der Waals surface area contributed by atoms with E-state index in [-0.39, 0.29) is 20.4 Å². The van der Waals surface area contributed by atoms with Gasteiger partial charge in [0, 0.05) is 0 Å². The molecule has 2 rings (SSSR count). The third-order valence-corrected chi connectivity index (χ3v) is 8.56. The second kappa shape index (κ2) is 3.23. The molecule has 0 saturated heterocycles. The average molecular weight is 472 g/mol. The molecule has 0 nitrogen and oxygen atoms in total. The minimum atomic E-state index is 0.145. The monoisotopic (exact) mass is 474 g/mol. The standard InChI is InChI=1S/C7H6I2Te/c8-6-4-2-1-3-5(4)7(9)10-6/h1-3H2. The summed E-state index contributed by atoms with van der Waals surface area (Å²) in [6.07, 6.45) is 4.17. The van der Waals surface area contributed by atoms with Crippen LogP contribution < -0.4 is 0 Å². The van der Waals surface area contributed by atoms with Crippen molar-refractivity contribution in [3.63, 3.8) is 0 Å². The fraction of sp³-hybridized carbons (Fsp3) is 0.429. The van der Waals surface area contributed by atoms with Gasteiger partial charge in [-0.2, -0.15) is 0 Å². The van der Waals surface area contributed by atoms with Crippen LogP contribution >= 0.6 is 45.2 Å².